The normalized spacial score (nSPS) is 11.5. The number of carbonyl (C=O) groups excluding carboxylic acids is 1. The molecule has 0 bridgehead atoms. The highest BCUT2D eigenvalue weighted by Gasteiger charge is 2.17. The van der Waals surface area contributed by atoms with Crippen molar-refractivity contribution in [2.45, 2.75) is 44.6 Å². The molecule has 0 aliphatic carbocycles. The highest BCUT2D eigenvalue weighted by atomic mass is 35.5. The van der Waals surface area contributed by atoms with Gasteiger partial charge in [0.1, 0.15) is 11.4 Å². The molecule has 6 nitrogen and oxygen atoms in total. The number of halogens is 1. The van der Waals surface area contributed by atoms with Crippen LogP contribution in [0.5, 0.6) is 5.75 Å². The monoisotopic (exact) mass is 492 g/mol. The number of hydrogen-bond donors (Lipinski definition) is 0. The highest BCUT2D eigenvalue weighted by Crippen LogP contribution is 2.23. The second-order valence-electron chi connectivity index (χ2n) is 8.41. The Kier molecular flexibility index (Phi) is 9.35. The molecule has 2 aromatic rings. The van der Waals surface area contributed by atoms with E-state index in [1.807, 2.05) is 6.92 Å². The predicted molar refractivity (Wildman–Crippen MR) is 128 cm³/mol. The van der Waals surface area contributed by atoms with Gasteiger partial charge in [-0.2, -0.15) is 0 Å². The van der Waals surface area contributed by atoms with Crippen LogP contribution in [0, 0.1) is 18.8 Å². The zero-order chi connectivity index (χ0) is 24.6. The molecule has 0 saturated heterocycles. The molecular formula is C25H29ClO6S. The SMILES string of the molecule is COCCCS(=O)(=O)c1ccc(C)c(C#Cc2cc(Cl)ccc2OCC(=O)OC(C)(C)C)c1. The molecule has 0 fully saturated rings. The van der Waals surface area contributed by atoms with Gasteiger partial charge in [0.15, 0.2) is 16.4 Å². The van der Waals surface area contributed by atoms with Gasteiger partial charge >= 0.3 is 5.97 Å². The van der Waals surface area contributed by atoms with Crippen LogP contribution in [-0.4, -0.2) is 46.1 Å². The number of benzene rings is 2. The van der Waals surface area contributed by atoms with Crippen LogP contribution in [-0.2, 0) is 24.1 Å². The molecule has 0 N–H and O–H groups in total. The predicted octanol–water partition coefficient (Wildman–Crippen LogP) is 4.58. The molecule has 0 unspecified atom stereocenters. The second kappa shape index (κ2) is 11.6. The maximum Gasteiger partial charge on any atom is 0.344 e. The maximum absolute atomic E-state index is 12.6. The fourth-order valence-corrected chi connectivity index (χ4v) is 4.29. The quantitative estimate of drug-likeness (QED) is 0.305. The molecule has 0 saturated carbocycles. The lowest BCUT2D eigenvalue weighted by molar-refractivity contribution is -0.157. The van der Waals surface area contributed by atoms with Crippen LogP contribution in [0.4, 0.5) is 0 Å². The smallest absolute Gasteiger partial charge is 0.344 e. The van der Waals surface area contributed by atoms with Gasteiger partial charge in [-0.05, 0) is 70.0 Å². The zero-order valence-corrected chi connectivity index (χ0v) is 21.1. The van der Waals surface area contributed by atoms with E-state index in [9.17, 15) is 13.2 Å². The van der Waals surface area contributed by atoms with Crippen molar-refractivity contribution >= 4 is 27.4 Å². The number of sulfone groups is 1. The summed E-state index contributed by atoms with van der Waals surface area (Å²) >= 11 is 6.12. The first-order valence-corrected chi connectivity index (χ1v) is 12.4. The van der Waals surface area contributed by atoms with E-state index in [1.54, 1.807) is 57.2 Å². The van der Waals surface area contributed by atoms with E-state index in [-0.39, 0.29) is 17.3 Å². The van der Waals surface area contributed by atoms with Crippen molar-refractivity contribution in [3.8, 4) is 17.6 Å². The van der Waals surface area contributed by atoms with Crippen molar-refractivity contribution in [1.82, 2.24) is 0 Å². The molecule has 0 atom stereocenters. The van der Waals surface area contributed by atoms with E-state index < -0.39 is 21.4 Å². The van der Waals surface area contributed by atoms with E-state index in [2.05, 4.69) is 11.8 Å². The summed E-state index contributed by atoms with van der Waals surface area (Å²) in [5.74, 6) is 5.86. The third-order valence-corrected chi connectivity index (χ3v) is 6.40. The summed E-state index contributed by atoms with van der Waals surface area (Å²) in [5.41, 5.74) is 1.26. The number of carbonyl (C=O) groups is 1. The summed E-state index contributed by atoms with van der Waals surface area (Å²) in [5, 5.41) is 0.454. The van der Waals surface area contributed by atoms with Crippen molar-refractivity contribution in [3.63, 3.8) is 0 Å². The lowest BCUT2D eigenvalue weighted by Gasteiger charge is -2.19. The minimum atomic E-state index is -3.45. The minimum Gasteiger partial charge on any atom is -0.481 e. The Hall–Kier alpha value is -2.53. The van der Waals surface area contributed by atoms with Crippen molar-refractivity contribution < 1.29 is 27.4 Å². The summed E-state index contributed by atoms with van der Waals surface area (Å²) < 4.78 is 41.0. The molecule has 178 valence electrons. The largest absolute Gasteiger partial charge is 0.481 e. The fraction of sp³-hybridized carbons (Fsp3) is 0.400. The van der Waals surface area contributed by atoms with Crippen molar-refractivity contribution in [1.29, 1.82) is 0 Å². The first-order chi connectivity index (χ1) is 15.4. The summed E-state index contributed by atoms with van der Waals surface area (Å²) in [6.45, 7) is 7.28. The average molecular weight is 493 g/mol. The molecule has 0 aliphatic rings. The van der Waals surface area contributed by atoms with Crippen molar-refractivity contribution in [2.24, 2.45) is 0 Å². The Morgan fingerprint density at radius 3 is 2.42 bits per heavy atom. The van der Waals surface area contributed by atoms with Crippen LogP contribution in [0.15, 0.2) is 41.3 Å². The van der Waals surface area contributed by atoms with Crippen LogP contribution < -0.4 is 4.74 Å². The van der Waals surface area contributed by atoms with Gasteiger partial charge in [-0.15, -0.1) is 0 Å². The average Bonchev–Trinajstić information content (AvgIpc) is 2.71. The number of aryl methyl sites for hydroxylation is 1. The Bertz CT molecular complexity index is 1150. The Balaban J connectivity index is 2.29. The molecule has 0 radical (unpaired) electrons. The van der Waals surface area contributed by atoms with Gasteiger partial charge < -0.3 is 14.2 Å². The van der Waals surface area contributed by atoms with Crippen molar-refractivity contribution in [3.05, 3.63) is 58.1 Å². The van der Waals surface area contributed by atoms with Crippen LogP contribution in [0.2, 0.25) is 5.02 Å². The number of methoxy groups -OCH3 is 1. The lowest BCUT2D eigenvalue weighted by Crippen LogP contribution is -2.27. The molecular weight excluding hydrogens is 464 g/mol. The molecule has 2 aromatic carbocycles. The molecule has 0 aliphatic heterocycles. The first-order valence-electron chi connectivity index (χ1n) is 10.4. The fourth-order valence-electron chi connectivity index (χ4n) is 2.81. The molecule has 33 heavy (non-hydrogen) atoms. The summed E-state index contributed by atoms with van der Waals surface area (Å²) in [6.07, 6.45) is 0.411. The number of rotatable bonds is 8. The van der Waals surface area contributed by atoms with Gasteiger partial charge in [-0.25, -0.2) is 13.2 Å². The third-order valence-electron chi connectivity index (χ3n) is 4.37. The molecule has 2 rings (SSSR count). The lowest BCUT2D eigenvalue weighted by atomic mass is 10.1. The van der Waals surface area contributed by atoms with E-state index >= 15 is 0 Å². The van der Waals surface area contributed by atoms with Gasteiger partial charge in [0.2, 0.25) is 0 Å². The van der Waals surface area contributed by atoms with E-state index in [4.69, 9.17) is 25.8 Å². The number of hydrogen-bond acceptors (Lipinski definition) is 6. The van der Waals surface area contributed by atoms with Crippen LogP contribution in [0.3, 0.4) is 0 Å². The molecule has 8 heteroatoms. The van der Waals surface area contributed by atoms with Gasteiger partial charge in [0.05, 0.1) is 16.2 Å². The molecule has 0 heterocycles. The zero-order valence-electron chi connectivity index (χ0n) is 19.5. The molecule has 0 aromatic heterocycles. The van der Waals surface area contributed by atoms with Gasteiger partial charge in [-0.3, -0.25) is 0 Å². The van der Waals surface area contributed by atoms with Gasteiger partial charge in [0, 0.05) is 24.3 Å². The third kappa shape index (κ3) is 8.73. The number of esters is 1. The highest BCUT2D eigenvalue weighted by molar-refractivity contribution is 7.91. The standard InChI is InChI=1S/C25H29ClO6S/c1-18-7-11-22(33(28,29)14-6-13-30-5)16-19(18)8-9-20-15-21(26)10-12-23(20)31-17-24(27)32-25(2,3)4/h7,10-12,15-16H,6,13-14,17H2,1-5H3. The minimum absolute atomic E-state index is 0.00623. The van der Waals surface area contributed by atoms with Crippen LogP contribution in [0.25, 0.3) is 0 Å². The topological polar surface area (TPSA) is 78.9 Å². The molecule has 0 spiro atoms. The Morgan fingerprint density at radius 1 is 1.06 bits per heavy atom. The summed E-state index contributed by atoms with van der Waals surface area (Å²) in [7, 11) is -1.91. The maximum atomic E-state index is 12.6. The van der Waals surface area contributed by atoms with Crippen LogP contribution >= 0.6 is 11.6 Å². The number of ether oxygens (including phenoxy) is 3. The van der Waals surface area contributed by atoms with Crippen LogP contribution in [0.1, 0.15) is 43.9 Å². The Labute approximate surface area is 201 Å². The van der Waals surface area contributed by atoms with E-state index in [0.29, 0.717) is 34.9 Å². The molecule has 0 amide bonds. The summed E-state index contributed by atoms with van der Waals surface area (Å²) in [6, 6.07) is 9.76. The van der Waals surface area contributed by atoms with Crippen molar-refractivity contribution in [2.75, 3.05) is 26.1 Å². The van der Waals surface area contributed by atoms with Gasteiger partial charge in [-0.1, -0.05) is 29.5 Å². The van der Waals surface area contributed by atoms with Gasteiger partial charge in [0.25, 0.3) is 0 Å². The first kappa shape index (κ1) is 26.7. The van der Waals surface area contributed by atoms with E-state index in [1.165, 1.54) is 7.11 Å². The summed E-state index contributed by atoms with van der Waals surface area (Å²) in [4.78, 5) is 12.2. The Morgan fingerprint density at radius 2 is 1.76 bits per heavy atom. The second-order valence-corrected chi connectivity index (χ2v) is 11.0. The van der Waals surface area contributed by atoms with E-state index in [0.717, 1.165) is 5.56 Å².